The highest BCUT2D eigenvalue weighted by Crippen LogP contribution is 2.39. The Morgan fingerprint density at radius 2 is 2.05 bits per heavy atom. The fraction of sp³-hybridized carbons (Fsp3) is 0.600. The predicted octanol–water partition coefficient (Wildman–Crippen LogP) is 3.11. The SMILES string of the molecule is OC1(CNC2CCc3c2ccc(Cl)c3Cl)CCOCC1. The number of hydrogen-bond donors (Lipinski definition) is 2. The molecule has 3 nitrogen and oxygen atoms in total. The van der Waals surface area contributed by atoms with Crippen molar-refractivity contribution in [3.63, 3.8) is 0 Å². The number of nitrogens with one attached hydrogen (secondary N) is 1. The van der Waals surface area contributed by atoms with Gasteiger partial charge in [-0.2, -0.15) is 0 Å². The molecule has 5 heteroatoms. The van der Waals surface area contributed by atoms with E-state index >= 15 is 0 Å². The minimum absolute atomic E-state index is 0.256. The van der Waals surface area contributed by atoms with Gasteiger partial charge in [0.2, 0.25) is 0 Å². The molecule has 0 amide bonds. The number of ether oxygens (including phenoxy) is 1. The summed E-state index contributed by atoms with van der Waals surface area (Å²) in [5, 5.41) is 15.3. The van der Waals surface area contributed by atoms with Crippen LogP contribution in [0.4, 0.5) is 0 Å². The van der Waals surface area contributed by atoms with E-state index in [-0.39, 0.29) is 6.04 Å². The first-order valence-electron chi connectivity index (χ1n) is 7.09. The van der Waals surface area contributed by atoms with Crippen LogP contribution in [-0.4, -0.2) is 30.5 Å². The van der Waals surface area contributed by atoms with E-state index < -0.39 is 5.60 Å². The first-order valence-corrected chi connectivity index (χ1v) is 7.85. The lowest BCUT2D eigenvalue weighted by Crippen LogP contribution is -2.45. The summed E-state index contributed by atoms with van der Waals surface area (Å²) in [7, 11) is 0. The van der Waals surface area contributed by atoms with E-state index in [0.717, 1.165) is 18.4 Å². The zero-order valence-corrected chi connectivity index (χ0v) is 12.8. The third-order valence-corrected chi connectivity index (χ3v) is 5.24. The monoisotopic (exact) mass is 315 g/mol. The van der Waals surface area contributed by atoms with Gasteiger partial charge in [-0.1, -0.05) is 29.3 Å². The van der Waals surface area contributed by atoms with E-state index in [1.54, 1.807) is 0 Å². The van der Waals surface area contributed by atoms with E-state index in [1.807, 2.05) is 12.1 Å². The van der Waals surface area contributed by atoms with Gasteiger partial charge in [0, 0.05) is 38.6 Å². The third kappa shape index (κ3) is 2.83. The maximum absolute atomic E-state index is 10.5. The summed E-state index contributed by atoms with van der Waals surface area (Å²) in [6.07, 6.45) is 3.33. The first kappa shape index (κ1) is 14.6. The molecule has 1 atom stereocenters. The second-order valence-electron chi connectivity index (χ2n) is 5.74. The highest BCUT2D eigenvalue weighted by Gasteiger charge is 2.32. The number of fused-ring (bicyclic) bond motifs is 1. The van der Waals surface area contributed by atoms with Gasteiger partial charge < -0.3 is 15.2 Å². The molecule has 0 spiro atoms. The van der Waals surface area contributed by atoms with Crippen molar-refractivity contribution < 1.29 is 9.84 Å². The molecule has 2 aliphatic rings. The standard InChI is InChI=1S/C15H19Cl2NO2/c16-12-3-1-10-11(14(12)17)2-4-13(10)18-9-15(19)5-7-20-8-6-15/h1,3,13,18-19H,2,4-9H2. The maximum Gasteiger partial charge on any atom is 0.0815 e. The zero-order valence-electron chi connectivity index (χ0n) is 11.3. The van der Waals surface area contributed by atoms with Crippen molar-refractivity contribution >= 4 is 23.2 Å². The van der Waals surface area contributed by atoms with Crippen molar-refractivity contribution in [3.8, 4) is 0 Å². The largest absolute Gasteiger partial charge is 0.388 e. The van der Waals surface area contributed by atoms with Crippen LogP contribution in [0.2, 0.25) is 10.0 Å². The quantitative estimate of drug-likeness (QED) is 0.900. The third-order valence-electron chi connectivity index (χ3n) is 4.39. The molecule has 1 aromatic carbocycles. The van der Waals surface area contributed by atoms with Gasteiger partial charge in [-0.25, -0.2) is 0 Å². The van der Waals surface area contributed by atoms with Crippen molar-refractivity contribution in [2.45, 2.75) is 37.3 Å². The molecule has 1 aliphatic heterocycles. The van der Waals surface area contributed by atoms with Crippen LogP contribution in [0.25, 0.3) is 0 Å². The minimum Gasteiger partial charge on any atom is -0.388 e. The lowest BCUT2D eigenvalue weighted by molar-refractivity contribution is -0.0628. The molecule has 20 heavy (non-hydrogen) atoms. The van der Waals surface area contributed by atoms with Gasteiger partial charge in [-0.05, 0) is 30.0 Å². The molecule has 1 fully saturated rings. The Morgan fingerprint density at radius 1 is 1.30 bits per heavy atom. The molecule has 2 N–H and O–H groups in total. The lowest BCUT2D eigenvalue weighted by atomic mass is 9.94. The Bertz CT molecular complexity index is 501. The van der Waals surface area contributed by atoms with E-state index in [4.69, 9.17) is 27.9 Å². The van der Waals surface area contributed by atoms with Crippen LogP contribution in [0, 0.1) is 0 Å². The Kier molecular flexibility index (Phi) is 4.25. The molecule has 1 saturated heterocycles. The van der Waals surface area contributed by atoms with Gasteiger partial charge in [0.25, 0.3) is 0 Å². The zero-order chi connectivity index (χ0) is 14.2. The highest BCUT2D eigenvalue weighted by molar-refractivity contribution is 6.42. The van der Waals surface area contributed by atoms with E-state index in [1.165, 1.54) is 5.56 Å². The van der Waals surface area contributed by atoms with E-state index in [2.05, 4.69) is 5.32 Å². The van der Waals surface area contributed by atoms with Crippen LogP contribution in [0.1, 0.15) is 36.4 Å². The highest BCUT2D eigenvalue weighted by atomic mass is 35.5. The fourth-order valence-electron chi connectivity index (χ4n) is 3.09. The smallest absolute Gasteiger partial charge is 0.0815 e. The predicted molar refractivity (Wildman–Crippen MR) is 80.5 cm³/mol. The topological polar surface area (TPSA) is 41.5 Å². The Hall–Kier alpha value is -0.320. The summed E-state index contributed by atoms with van der Waals surface area (Å²) in [4.78, 5) is 0. The Labute approximate surface area is 129 Å². The number of hydrogen-bond acceptors (Lipinski definition) is 3. The summed E-state index contributed by atoms with van der Waals surface area (Å²) >= 11 is 12.3. The summed E-state index contributed by atoms with van der Waals surface area (Å²) in [5.74, 6) is 0. The van der Waals surface area contributed by atoms with Crippen molar-refractivity contribution in [1.29, 1.82) is 0 Å². The van der Waals surface area contributed by atoms with Crippen LogP contribution >= 0.6 is 23.2 Å². The van der Waals surface area contributed by atoms with Gasteiger partial charge in [0.1, 0.15) is 0 Å². The van der Waals surface area contributed by atoms with Gasteiger partial charge in [0.15, 0.2) is 0 Å². The molecule has 0 bridgehead atoms. The van der Waals surface area contributed by atoms with Gasteiger partial charge in [-0.15, -0.1) is 0 Å². The molecule has 110 valence electrons. The fourth-order valence-corrected chi connectivity index (χ4v) is 3.53. The Morgan fingerprint density at radius 3 is 2.80 bits per heavy atom. The molecule has 3 rings (SSSR count). The maximum atomic E-state index is 10.5. The molecule has 1 unspecified atom stereocenters. The van der Waals surface area contributed by atoms with Crippen LogP contribution in [0.15, 0.2) is 12.1 Å². The molecule has 1 aromatic rings. The molecule has 0 saturated carbocycles. The Balaban J connectivity index is 1.68. The van der Waals surface area contributed by atoms with Crippen LogP contribution < -0.4 is 5.32 Å². The average Bonchev–Trinajstić information content (AvgIpc) is 2.85. The molecule has 0 aromatic heterocycles. The van der Waals surface area contributed by atoms with Crippen LogP contribution in [-0.2, 0) is 11.2 Å². The lowest BCUT2D eigenvalue weighted by Gasteiger charge is -2.33. The number of aliphatic hydroxyl groups is 1. The van der Waals surface area contributed by atoms with Crippen molar-refractivity contribution in [2.24, 2.45) is 0 Å². The van der Waals surface area contributed by atoms with E-state index in [0.29, 0.717) is 42.6 Å². The summed E-state index contributed by atoms with van der Waals surface area (Å²) in [6, 6.07) is 4.15. The van der Waals surface area contributed by atoms with Crippen molar-refractivity contribution in [1.82, 2.24) is 5.32 Å². The summed E-state index contributed by atoms with van der Waals surface area (Å²) in [6.45, 7) is 1.88. The van der Waals surface area contributed by atoms with Gasteiger partial charge >= 0.3 is 0 Å². The number of halogens is 2. The van der Waals surface area contributed by atoms with E-state index in [9.17, 15) is 5.11 Å². The van der Waals surface area contributed by atoms with Gasteiger partial charge in [-0.3, -0.25) is 0 Å². The molecule has 1 aliphatic carbocycles. The molecule has 0 radical (unpaired) electrons. The number of benzene rings is 1. The summed E-state index contributed by atoms with van der Waals surface area (Å²) in [5.41, 5.74) is 1.72. The normalized spacial score (nSPS) is 24.6. The number of rotatable bonds is 3. The van der Waals surface area contributed by atoms with Gasteiger partial charge in [0.05, 0.1) is 15.6 Å². The molecular weight excluding hydrogens is 297 g/mol. The first-order chi connectivity index (χ1) is 9.59. The van der Waals surface area contributed by atoms with Crippen molar-refractivity contribution in [2.75, 3.05) is 19.8 Å². The van der Waals surface area contributed by atoms with Crippen LogP contribution in [0.3, 0.4) is 0 Å². The van der Waals surface area contributed by atoms with Crippen molar-refractivity contribution in [3.05, 3.63) is 33.3 Å². The average molecular weight is 316 g/mol. The second kappa shape index (κ2) is 5.82. The minimum atomic E-state index is -0.642. The second-order valence-corrected chi connectivity index (χ2v) is 6.52. The molecular formula is C15H19Cl2NO2. The summed E-state index contributed by atoms with van der Waals surface area (Å²) < 4.78 is 5.30. The molecule has 1 heterocycles. The van der Waals surface area contributed by atoms with Crippen LogP contribution in [0.5, 0.6) is 0 Å².